The number of aryl methyl sites for hydroxylation is 1. The fourth-order valence-corrected chi connectivity index (χ4v) is 3.85. The van der Waals surface area contributed by atoms with Crippen LogP contribution in [0.2, 0.25) is 0 Å². The van der Waals surface area contributed by atoms with E-state index in [-0.39, 0.29) is 17.7 Å². The van der Waals surface area contributed by atoms with Gasteiger partial charge in [0.05, 0.1) is 0 Å². The second kappa shape index (κ2) is 8.39. The van der Waals surface area contributed by atoms with Gasteiger partial charge in [0.2, 0.25) is 11.8 Å². The molecule has 1 aliphatic rings. The summed E-state index contributed by atoms with van der Waals surface area (Å²) in [7, 11) is 0. The number of nitrogens with zero attached hydrogens (tertiary/aromatic N) is 1. The third-order valence-electron chi connectivity index (χ3n) is 4.28. The quantitative estimate of drug-likeness (QED) is 0.900. The Morgan fingerprint density at radius 2 is 1.87 bits per heavy atom. The highest BCUT2D eigenvalue weighted by Crippen LogP contribution is 2.22. The lowest BCUT2D eigenvalue weighted by atomic mass is 9.93. The molecule has 1 aromatic rings. The van der Waals surface area contributed by atoms with Crippen LogP contribution in [-0.4, -0.2) is 47.4 Å². The molecule has 126 valence electrons. The van der Waals surface area contributed by atoms with Crippen LogP contribution < -0.4 is 5.32 Å². The lowest BCUT2D eigenvalue weighted by molar-refractivity contribution is -0.135. The molecule has 5 heteroatoms. The van der Waals surface area contributed by atoms with E-state index >= 15 is 0 Å². The molecule has 4 nitrogen and oxygen atoms in total. The minimum Gasteiger partial charge on any atom is -0.345 e. The van der Waals surface area contributed by atoms with Gasteiger partial charge in [-0.3, -0.25) is 9.59 Å². The maximum Gasteiger partial charge on any atom is 0.244 e. The smallest absolute Gasteiger partial charge is 0.244 e. The summed E-state index contributed by atoms with van der Waals surface area (Å²) >= 11 is 1.87. The summed E-state index contributed by atoms with van der Waals surface area (Å²) in [4.78, 5) is 26.4. The first-order chi connectivity index (χ1) is 11.0. The van der Waals surface area contributed by atoms with Gasteiger partial charge in [0.1, 0.15) is 6.04 Å². The van der Waals surface area contributed by atoms with E-state index in [0.29, 0.717) is 6.42 Å². The van der Waals surface area contributed by atoms with Gasteiger partial charge < -0.3 is 10.2 Å². The zero-order chi connectivity index (χ0) is 16.8. The third-order valence-corrected chi connectivity index (χ3v) is 5.22. The van der Waals surface area contributed by atoms with Gasteiger partial charge in [-0.1, -0.05) is 31.2 Å². The molecule has 0 unspecified atom stereocenters. The summed E-state index contributed by atoms with van der Waals surface area (Å²) in [6, 6.07) is 7.67. The summed E-state index contributed by atoms with van der Waals surface area (Å²) < 4.78 is 0. The van der Waals surface area contributed by atoms with Gasteiger partial charge in [0.25, 0.3) is 0 Å². The average Bonchev–Trinajstić information content (AvgIpc) is 2.55. The van der Waals surface area contributed by atoms with Crippen molar-refractivity contribution in [2.45, 2.75) is 39.2 Å². The summed E-state index contributed by atoms with van der Waals surface area (Å²) in [6.45, 7) is 7.45. The molecule has 0 saturated carbocycles. The highest BCUT2D eigenvalue weighted by atomic mass is 32.2. The minimum absolute atomic E-state index is 0.0298. The van der Waals surface area contributed by atoms with Crippen molar-refractivity contribution >= 4 is 23.6 Å². The van der Waals surface area contributed by atoms with Crippen molar-refractivity contribution in [1.82, 2.24) is 10.2 Å². The molecule has 1 aromatic carbocycles. The van der Waals surface area contributed by atoms with E-state index in [4.69, 9.17) is 0 Å². The van der Waals surface area contributed by atoms with E-state index in [1.54, 1.807) is 6.92 Å². The average molecular weight is 334 g/mol. The lowest BCUT2D eigenvalue weighted by Gasteiger charge is -2.29. The predicted molar refractivity (Wildman–Crippen MR) is 95.7 cm³/mol. The Balaban J connectivity index is 1.86. The predicted octanol–water partition coefficient (Wildman–Crippen LogP) is 2.57. The summed E-state index contributed by atoms with van der Waals surface area (Å²) in [5.74, 6) is 2.08. The van der Waals surface area contributed by atoms with Crippen LogP contribution >= 0.6 is 11.8 Å². The van der Waals surface area contributed by atoms with Gasteiger partial charge in [-0.05, 0) is 30.9 Å². The number of carbonyl (C=O) groups excluding carboxylic acids is 2. The highest BCUT2D eigenvalue weighted by molar-refractivity contribution is 7.99. The number of carbonyl (C=O) groups is 2. The van der Waals surface area contributed by atoms with Gasteiger partial charge in [-0.2, -0.15) is 11.8 Å². The first kappa shape index (κ1) is 17.9. The van der Waals surface area contributed by atoms with Gasteiger partial charge >= 0.3 is 0 Å². The Morgan fingerprint density at radius 1 is 1.22 bits per heavy atom. The minimum atomic E-state index is -0.449. The van der Waals surface area contributed by atoms with Crippen molar-refractivity contribution in [2.75, 3.05) is 24.6 Å². The van der Waals surface area contributed by atoms with Gasteiger partial charge in [-0.15, -0.1) is 0 Å². The fraction of sp³-hybridized carbons (Fsp3) is 0.556. The van der Waals surface area contributed by atoms with Crippen molar-refractivity contribution in [1.29, 1.82) is 0 Å². The van der Waals surface area contributed by atoms with Gasteiger partial charge in [0.15, 0.2) is 0 Å². The van der Waals surface area contributed by atoms with Crippen molar-refractivity contribution in [2.24, 2.45) is 0 Å². The molecule has 0 bridgehead atoms. The Morgan fingerprint density at radius 3 is 2.52 bits per heavy atom. The zero-order valence-corrected chi connectivity index (χ0v) is 15.0. The number of thioether (sulfide) groups is 1. The molecule has 1 aliphatic heterocycles. The summed E-state index contributed by atoms with van der Waals surface area (Å²) in [6.07, 6.45) is 0.401. The molecule has 1 fully saturated rings. The van der Waals surface area contributed by atoms with Crippen LogP contribution in [0.15, 0.2) is 24.3 Å². The number of hydrogen-bond donors (Lipinski definition) is 1. The molecular weight excluding hydrogens is 308 g/mol. The first-order valence-corrected chi connectivity index (χ1v) is 9.36. The maximum atomic E-state index is 12.3. The largest absolute Gasteiger partial charge is 0.345 e. The van der Waals surface area contributed by atoms with E-state index in [2.05, 4.69) is 31.3 Å². The molecule has 0 aliphatic carbocycles. The highest BCUT2D eigenvalue weighted by Gasteiger charge is 2.24. The molecule has 0 aromatic heterocycles. The fourth-order valence-electron chi connectivity index (χ4n) is 2.95. The van der Waals surface area contributed by atoms with Crippen LogP contribution in [0.4, 0.5) is 0 Å². The Bertz CT molecular complexity index is 556. The number of benzene rings is 1. The summed E-state index contributed by atoms with van der Waals surface area (Å²) in [5.41, 5.74) is 2.39. The Labute approximate surface area is 143 Å². The molecule has 2 amide bonds. The Kier molecular flexibility index (Phi) is 6.51. The number of hydrogen-bond acceptors (Lipinski definition) is 3. The normalized spacial score (nSPS) is 17.4. The van der Waals surface area contributed by atoms with Crippen molar-refractivity contribution < 1.29 is 9.59 Å². The van der Waals surface area contributed by atoms with Crippen LogP contribution in [0, 0.1) is 6.92 Å². The van der Waals surface area contributed by atoms with Crippen molar-refractivity contribution in [3.63, 3.8) is 0 Å². The number of amides is 2. The van der Waals surface area contributed by atoms with Crippen LogP contribution in [0.3, 0.4) is 0 Å². The van der Waals surface area contributed by atoms with Crippen molar-refractivity contribution in [3.05, 3.63) is 35.4 Å². The second-order valence-corrected chi connectivity index (χ2v) is 7.41. The van der Waals surface area contributed by atoms with Gasteiger partial charge in [-0.25, -0.2) is 0 Å². The van der Waals surface area contributed by atoms with Crippen LogP contribution in [0.25, 0.3) is 0 Å². The third kappa shape index (κ3) is 4.99. The zero-order valence-electron chi connectivity index (χ0n) is 14.2. The first-order valence-electron chi connectivity index (χ1n) is 8.20. The monoisotopic (exact) mass is 334 g/mol. The standard InChI is InChI=1S/C18H26N2O2S/c1-13-6-4-5-7-16(13)14(2)12-17(21)19-15(3)18(22)20-8-10-23-11-9-20/h4-7,14-15H,8-12H2,1-3H3,(H,19,21)/t14-,15+/m0/s1. The van der Waals surface area contributed by atoms with E-state index < -0.39 is 6.04 Å². The topological polar surface area (TPSA) is 49.4 Å². The molecular formula is C18H26N2O2S. The van der Waals surface area contributed by atoms with E-state index in [9.17, 15) is 9.59 Å². The molecule has 0 spiro atoms. The van der Waals surface area contributed by atoms with Crippen LogP contribution in [0.5, 0.6) is 0 Å². The molecule has 23 heavy (non-hydrogen) atoms. The summed E-state index contributed by atoms with van der Waals surface area (Å²) in [5, 5.41) is 2.86. The lowest BCUT2D eigenvalue weighted by Crippen LogP contribution is -2.49. The number of nitrogens with one attached hydrogen (secondary N) is 1. The molecule has 2 atom stereocenters. The molecule has 1 N–H and O–H groups in total. The number of rotatable bonds is 5. The van der Waals surface area contributed by atoms with E-state index in [1.807, 2.05) is 28.8 Å². The molecule has 1 saturated heterocycles. The molecule has 0 radical (unpaired) electrons. The van der Waals surface area contributed by atoms with E-state index in [0.717, 1.165) is 24.6 Å². The van der Waals surface area contributed by atoms with Gasteiger partial charge in [0, 0.05) is 31.0 Å². The second-order valence-electron chi connectivity index (χ2n) is 6.19. The van der Waals surface area contributed by atoms with E-state index in [1.165, 1.54) is 11.1 Å². The maximum absolute atomic E-state index is 12.3. The van der Waals surface area contributed by atoms with Crippen LogP contribution in [0.1, 0.15) is 37.3 Å². The molecule has 1 heterocycles. The SMILES string of the molecule is Cc1ccccc1[C@@H](C)CC(=O)N[C@H](C)C(=O)N1CCSCC1. The molecule has 2 rings (SSSR count). The van der Waals surface area contributed by atoms with Crippen LogP contribution in [-0.2, 0) is 9.59 Å². The Hall–Kier alpha value is -1.49. The van der Waals surface area contributed by atoms with Crippen molar-refractivity contribution in [3.8, 4) is 0 Å².